The number of hydrogen-bond acceptors (Lipinski definition) is 9. The molecule has 3 aliphatic carbocycles. The number of rotatable bonds is 8. The first-order chi connectivity index (χ1) is 17.4. The normalized spacial score (nSPS) is 21.5. The van der Waals surface area contributed by atoms with Gasteiger partial charge in [-0.3, -0.25) is 5.41 Å². The van der Waals surface area contributed by atoms with Crippen LogP contribution >= 0.6 is 11.8 Å². The van der Waals surface area contributed by atoms with Crippen LogP contribution in [0.3, 0.4) is 0 Å². The molecule has 3 aliphatic rings. The summed E-state index contributed by atoms with van der Waals surface area (Å²) in [4.78, 5) is 4.30. The Morgan fingerprint density at radius 2 is 1.89 bits per heavy atom. The van der Waals surface area contributed by atoms with Gasteiger partial charge < -0.3 is 21.4 Å². The highest BCUT2D eigenvalue weighted by Gasteiger charge is 2.42. The van der Waals surface area contributed by atoms with Crippen LogP contribution in [-0.2, 0) is 15.6 Å². The second-order valence-corrected chi connectivity index (χ2v) is 13.2. The maximum Gasteiger partial charge on any atom is 0.241 e. The monoisotopic (exact) mass is 545 g/mol. The van der Waals surface area contributed by atoms with Crippen LogP contribution in [0.2, 0.25) is 0 Å². The zero-order chi connectivity index (χ0) is 26.6. The van der Waals surface area contributed by atoms with E-state index in [4.69, 9.17) is 16.6 Å². The second kappa shape index (κ2) is 9.02. The van der Waals surface area contributed by atoms with Crippen molar-refractivity contribution in [2.75, 3.05) is 0 Å². The molecule has 0 spiro atoms. The number of thioether (sulfide) groups is 1. The van der Waals surface area contributed by atoms with Crippen molar-refractivity contribution in [1.29, 1.82) is 10.8 Å². The molecule has 0 amide bonds. The largest absolute Gasteiger partial charge is 0.385 e. The molecule has 3 fully saturated rings. The van der Waals surface area contributed by atoms with Gasteiger partial charge in [0.05, 0.1) is 28.1 Å². The van der Waals surface area contributed by atoms with Crippen molar-refractivity contribution in [3.8, 4) is 5.69 Å². The van der Waals surface area contributed by atoms with E-state index in [-0.39, 0.29) is 32.0 Å². The Balaban J connectivity index is 1.58. The van der Waals surface area contributed by atoms with Crippen LogP contribution in [0.15, 0.2) is 34.4 Å². The van der Waals surface area contributed by atoms with Gasteiger partial charge in [-0.2, -0.15) is 5.10 Å². The SMILES string of the molecule is CC1(NS(=O)(=O)c2cc(N=C(N)SC(=N)C3(O)CCC3)c(C=N)c(-n3cc(C4(O)CCC4)cn3)c2)CC1. The summed E-state index contributed by atoms with van der Waals surface area (Å²) in [7, 11) is -3.94. The molecular weight excluding hydrogens is 514 g/mol. The van der Waals surface area contributed by atoms with E-state index in [0.29, 0.717) is 31.2 Å². The highest BCUT2D eigenvalue weighted by Crippen LogP contribution is 2.42. The Labute approximate surface area is 219 Å². The number of aliphatic hydroxyl groups is 2. The molecule has 1 aromatic carbocycles. The molecule has 5 rings (SSSR count). The summed E-state index contributed by atoms with van der Waals surface area (Å²) >= 11 is 0.815. The van der Waals surface area contributed by atoms with Crippen molar-refractivity contribution >= 4 is 43.9 Å². The summed E-state index contributed by atoms with van der Waals surface area (Å²) < 4.78 is 30.8. The first-order valence-corrected chi connectivity index (χ1v) is 14.5. The molecule has 7 N–H and O–H groups in total. The molecule has 2 aromatic rings. The van der Waals surface area contributed by atoms with Crippen LogP contribution < -0.4 is 10.5 Å². The molecule has 0 bridgehead atoms. The lowest BCUT2D eigenvalue weighted by Gasteiger charge is -2.36. The molecule has 0 saturated heterocycles. The lowest BCUT2D eigenvalue weighted by molar-refractivity contribution is -0.0388. The van der Waals surface area contributed by atoms with E-state index < -0.39 is 26.8 Å². The van der Waals surface area contributed by atoms with Gasteiger partial charge in [-0.15, -0.1) is 0 Å². The summed E-state index contributed by atoms with van der Waals surface area (Å²) in [6.07, 6.45) is 9.63. The standard InChI is InChI=1S/C24H31N7O4S2/c1-22(8-9-22)30-37(34,35)16-10-18(29-21(27)36-20(26)24(33)6-3-7-24)17(12-25)19(11-16)31-14-15(13-28-31)23(32)4-2-5-23/h10-14,25-26,30,32-33H,2-9H2,1H3,(H2,27,29). The number of hydrogen-bond donors (Lipinski definition) is 6. The minimum Gasteiger partial charge on any atom is -0.385 e. The summed E-state index contributed by atoms with van der Waals surface area (Å²) in [5.74, 6) is 0. The van der Waals surface area contributed by atoms with Crippen molar-refractivity contribution < 1.29 is 18.6 Å². The van der Waals surface area contributed by atoms with Gasteiger partial charge in [0.2, 0.25) is 10.0 Å². The van der Waals surface area contributed by atoms with Crippen LogP contribution in [0.5, 0.6) is 0 Å². The zero-order valence-electron chi connectivity index (χ0n) is 20.5. The Morgan fingerprint density at radius 1 is 1.22 bits per heavy atom. The van der Waals surface area contributed by atoms with Crippen LogP contribution in [0.25, 0.3) is 5.69 Å². The van der Waals surface area contributed by atoms with Gasteiger partial charge in [-0.05, 0) is 82.2 Å². The molecule has 37 heavy (non-hydrogen) atoms. The maximum absolute atomic E-state index is 13.3. The fourth-order valence-corrected chi connectivity index (χ4v) is 6.68. The Bertz CT molecular complexity index is 1400. The molecular formula is C24H31N7O4S2. The third kappa shape index (κ3) is 4.98. The minimum atomic E-state index is -3.94. The highest BCUT2D eigenvalue weighted by atomic mass is 32.2. The van der Waals surface area contributed by atoms with Crippen LogP contribution in [-0.4, -0.2) is 56.0 Å². The minimum absolute atomic E-state index is 0.0193. The predicted octanol–water partition coefficient (Wildman–Crippen LogP) is 2.64. The Morgan fingerprint density at radius 3 is 2.43 bits per heavy atom. The Kier molecular flexibility index (Phi) is 6.35. The quantitative estimate of drug-likeness (QED) is 0.217. The second-order valence-electron chi connectivity index (χ2n) is 10.5. The van der Waals surface area contributed by atoms with Crippen LogP contribution in [0.1, 0.15) is 69.4 Å². The molecule has 0 unspecified atom stereocenters. The predicted molar refractivity (Wildman–Crippen MR) is 143 cm³/mol. The van der Waals surface area contributed by atoms with E-state index >= 15 is 0 Å². The molecule has 1 aromatic heterocycles. The van der Waals surface area contributed by atoms with Gasteiger partial charge in [0.15, 0.2) is 5.17 Å². The third-order valence-corrected chi connectivity index (χ3v) is 10.0. The number of amidine groups is 1. The number of aliphatic imine (C=N–C) groups is 1. The molecule has 0 radical (unpaired) electrons. The molecule has 198 valence electrons. The van der Waals surface area contributed by atoms with Crippen molar-refractivity contribution in [1.82, 2.24) is 14.5 Å². The number of nitrogens with two attached hydrogens (primary N) is 1. The summed E-state index contributed by atoms with van der Waals surface area (Å²) in [6.45, 7) is 1.83. The first-order valence-electron chi connectivity index (χ1n) is 12.2. The lowest BCUT2D eigenvalue weighted by atomic mass is 9.76. The fourth-order valence-electron chi connectivity index (χ4n) is 4.43. The number of nitrogens with zero attached hydrogens (tertiary/aromatic N) is 3. The average Bonchev–Trinajstić information content (AvgIpc) is 3.30. The van der Waals surface area contributed by atoms with Gasteiger partial charge >= 0.3 is 0 Å². The molecule has 13 heteroatoms. The first kappa shape index (κ1) is 26.0. The number of nitrogens with one attached hydrogen (secondary N) is 3. The third-order valence-electron chi connectivity index (χ3n) is 7.53. The smallest absolute Gasteiger partial charge is 0.241 e. The van der Waals surface area contributed by atoms with Gasteiger partial charge in [-0.25, -0.2) is 22.8 Å². The highest BCUT2D eigenvalue weighted by molar-refractivity contribution is 8.26. The molecule has 0 atom stereocenters. The van der Waals surface area contributed by atoms with Gasteiger partial charge in [-0.1, -0.05) is 0 Å². The van der Waals surface area contributed by atoms with Crippen LogP contribution in [0.4, 0.5) is 5.69 Å². The molecule has 11 nitrogen and oxygen atoms in total. The fraction of sp³-hybridized carbons (Fsp3) is 0.500. The molecule has 0 aliphatic heterocycles. The zero-order valence-corrected chi connectivity index (χ0v) is 22.1. The summed E-state index contributed by atoms with van der Waals surface area (Å²) in [6, 6.07) is 2.77. The number of aromatic nitrogens is 2. The van der Waals surface area contributed by atoms with E-state index in [9.17, 15) is 18.6 Å². The van der Waals surface area contributed by atoms with Crippen molar-refractivity contribution in [3.63, 3.8) is 0 Å². The number of sulfonamides is 1. The van der Waals surface area contributed by atoms with Gasteiger partial charge in [0, 0.05) is 29.1 Å². The van der Waals surface area contributed by atoms with E-state index in [2.05, 4.69) is 14.8 Å². The Hall–Kier alpha value is -2.58. The molecule has 3 saturated carbocycles. The van der Waals surface area contributed by atoms with Crippen molar-refractivity contribution in [2.45, 2.75) is 79.9 Å². The topological polar surface area (TPSA) is 191 Å². The number of benzene rings is 1. The molecule has 1 heterocycles. The van der Waals surface area contributed by atoms with Crippen molar-refractivity contribution in [2.24, 2.45) is 10.7 Å². The van der Waals surface area contributed by atoms with E-state index in [0.717, 1.165) is 43.7 Å². The van der Waals surface area contributed by atoms with E-state index in [1.165, 1.54) is 16.8 Å². The van der Waals surface area contributed by atoms with Gasteiger partial charge in [0.1, 0.15) is 10.6 Å². The van der Waals surface area contributed by atoms with E-state index in [1.54, 1.807) is 12.4 Å². The lowest BCUT2D eigenvalue weighted by Crippen LogP contribution is -2.44. The summed E-state index contributed by atoms with van der Waals surface area (Å²) in [5.41, 5.74) is 4.74. The van der Waals surface area contributed by atoms with Crippen LogP contribution in [0, 0.1) is 10.8 Å². The maximum atomic E-state index is 13.3. The van der Waals surface area contributed by atoms with Gasteiger partial charge in [0.25, 0.3) is 0 Å². The van der Waals surface area contributed by atoms with E-state index in [1.807, 2.05) is 6.92 Å². The summed E-state index contributed by atoms with van der Waals surface area (Å²) in [5, 5.41) is 41.8. The average molecular weight is 546 g/mol. The van der Waals surface area contributed by atoms with Crippen molar-refractivity contribution in [3.05, 3.63) is 35.7 Å².